The highest BCUT2D eigenvalue weighted by molar-refractivity contribution is 7.89. The van der Waals surface area contributed by atoms with Crippen molar-refractivity contribution in [2.45, 2.75) is 56.3 Å². The van der Waals surface area contributed by atoms with E-state index in [9.17, 15) is 22.7 Å². The van der Waals surface area contributed by atoms with E-state index in [0.717, 1.165) is 24.0 Å². The number of aryl methyl sites for hydroxylation is 1. The van der Waals surface area contributed by atoms with E-state index in [-0.39, 0.29) is 23.3 Å². The highest BCUT2D eigenvalue weighted by Gasteiger charge is 2.39. The smallest absolute Gasteiger partial charge is 0.243 e. The van der Waals surface area contributed by atoms with Gasteiger partial charge in [-0.3, -0.25) is 4.79 Å². The minimum atomic E-state index is -3.99. The third kappa shape index (κ3) is 5.41. The van der Waals surface area contributed by atoms with E-state index in [0.29, 0.717) is 0 Å². The number of aliphatic hydroxyl groups is 1. The Kier molecular flexibility index (Phi) is 6.36. The molecule has 6 nitrogen and oxygen atoms in total. The topological polar surface area (TPSA) is 86.7 Å². The molecule has 0 spiro atoms. The predicted octanol–water partition coefficient (Wildman–Crippen LogP) is 2.35. The summed E-state index contributed by atoms with van der Waals surface area (Å²) in [4.78, 5) is 14.7. The number of nitrogens with zero attached hydrogens (tertiary/aromatic N) is 1. The lowest BCUT2D eigenvalue weighted by Crippen LogP contribution is -2.53. The second-order valence-corrected chi connectivity index (χ2v) is 9.19. The van der Waals surface area contributed by atoms with E-state index in [2.05, 4.69) is 4.72 Å². The molecule has 0 heterocycles. The van der Waals surface area contributed by atoms with Gasteiger partial charge in [-0.05, 0) is 56.5 Å². The molecule has 2 atom stereocenters. The fraction of sp³-hybridized carbons (Fsp3) is 0.381. The number of amides is 1. The van der Waals surface area contributed by atoms with Gasteiger partial charge in [0, 0.05) is 12.6 Å². The molecule has 0 saturated heterocycles. The van der Waals surface area contributed by atoms with Crippen molar-refractivity contribution >= 4 is 15.9 Å². The molecule has 8 heteroatoms. The molecule has 2 unspecified atom stereocenters. The van der Waals surface area contributed by atoms with Gasteiger partial charge in [0.15, 0.2) is 0 Å². The minimum Gasteiger partial charge on any atom is -0.391 e. The van der Waals surface area contributed by atoms with Crippen LogP contribution < -0.4 is 4.72 Å². The number of sulfonamides is 1. The van der Waals surface area contributed by atoms with E-state index in [1.54, 1.807) is 29.2 Å². The van der Waals surface area contributed by atoms with Crippen LogP contribution in [0.3, 0.4) is 0 Å². The fourth-order valence-electron chi connectivity index (χ4n) is 3.05. The molecule has 1 saturated carbocycles. The van der Waals surface area contributed by atoms with Gasteiger partial charge in [-0.1, -0.05) is 29.8 Å². The van der Waals surface area contributed by atoms with Crippen molar-refractivity contribution in [2.75, 3.05) is 0 Å². The zero-order valence-electron chi connectivity index (χ0n) is 16.4. The Balaban J connectivity index is 1.81. The lowest BCUT2D eigenvalue weighted by Gasteiger charge is -2.29. The molecular formula is C21H25FN2O4S. The van der Waals surface area contributed by atoms with Crippen molar-refractivity contribution in [3.05, 3.63) is 65.5 Å². The van der Waals surface area contributed by atoms with Gasteiger partial charge in [0.1, 0.15) is 11.9 Å². The van der Waals surface area contributed by atoms with Gasteiger partial charge in [0.25, 0.3) is 0 Å². The van der Waals surface area contributed by atoms with E-state index in [4.69, 9.17) is 0 Å². The molecule has 1 aliphatic carbocycles. The number of carbonyl (C=O) groups excluding carboxylic acids is 1. The van der Waals surface area contributed by atoms with Gasteiger partial charge in [-0.25, -0.2) is 12.8 Å². The lowest BCUT2D eigenvalue weighted by molar-refractivity contribution is -0.136. The fourth-order valence-corrected chi connectivity index (χ4v) is 4.31. The first-order valence-electron chi connectivity index (χ1n) is 9.49. The largest absolute Gasteiger partial charge is 0.391 e. The molecule has 156 valence electrons. The first kappa shape index (κ1) is 21.4. The summed E-state index contributed by atoms with van der Waals surface area (Å²) in [6.07, 6.45) is 0.395. The Labute approximate surface area is 170 Å². The van der Waals surface area contributed by atoms with Crippen molar-refractivity contribution in [2.24, 2.45) is 0 Å². The molecule has 2 N–H and O–H groups in total. The van der Waals surface area contributed by atoms with Crippen molar-refractivity contribution in [1.29, 1.82) is 0 Å². The Bertz CT molecular complexity index is 955. The van der Waals surface area contributed by atoms with Crippen molar-refractivity contribution in [3.8, 4) is 0 Å². The highest BCUT2D eigenvalue weighted by Crippen LogP contribution is 2.29. The van der Waals surface area contributed by atoms with E-state index < -0.39 is 28.1 Å². The maximum absolute atomic E-state index is 13.2. The van der Waals surface area contributed by atoms with Crippen molar-refractivity contribution < 1.29 is 22.7 Å². The first-order chi connectivity index (χ1) is 13.7. The highest BCUT2D eigenvalue weighted by atomic mass is 32.2. The molecule has 1 aliphatic rings. The molecule has 2 aromatic carbocycles. The first-order valence-corrected chi connectivity index (χ1v) is 11.0. The molecule has 1 fully saturated rings. The van der Waals surface area contributed by atoms with E-state index in [1.807, 2.05) is 6.92 Å². The van der Waals surface area contributed by atoms with Crippen LogP contribution in [-0.4, -0.2) is 42.5 Å². The molecular weight excluding hydrogens is 395 g/mol. The quantitative estimate of drug-likeness (QED) is 0.686. The van der Waals surface area contributed by atoms with Gasteiger partial charge in [0.2, 0.25) is 15.9 Å². The summed E-state index contributed by atoms with van der Waals surface area (Å²) in [5.74, 6) is -0.867. The molecule has 29 heavy (non-hydrogen) atoms. The Morgan fingerprint density at radius 1 is 1.17 bits per heavy atom. The summed E-state index contributed by atoms with van der Waals surface area (Å²) < 4.78 is 41.0. The predicted molar refractivity (Wildman–Crippen MR) is 107 cm³/mol. The molecule has 0 bridgehead atoms. The molecule has 0 aliphatic heterocycles. The maximum Gasteiger partial charge on any atom is 0.243 e. The van der Waals surface area contributed by atoms with Crippen LogP contribution in [0.25, 0.3) is 0 Å². The SMILES string of the molecule is Cc1ccc(S(=O)(=O)NC(C(=O)N(Cc2ccc(F)cc2)C2CC2)C(C)O)cc1. The normalized spacial score (nSPS) is 16.3. The number of aliphatic hydroxyl groups excluding tert-OH is 1. The van der Waals surface area contributed by atoms with Gasteiger partial charge < -0.3 is 10.0 Å². The number of hydrogen-bond acceptors (Lipinski definition) is 4. The molecule has 2 aromatic rings. The van der Waals surface area contributed by atoms with Crippen LogP contribution >= 0.6 is 0 Å². The van der Waals surface area contributed by atoms with E-state index in [1.165, 1.54) is 31.2 Å². The van der Waals surface area contributed by atoms with Gasteiger partial charge in [0.05, 0.1) is 11.0 Å². The summed E-state index contributed by atoms with van der Waals surface area (Å²) >= 11 is 0. The number of hydrogen-bond donors (Lipinski definition) is 2. The Morgan fingerprint density at radius 3 is 2.28 bits per heavy atom. The summed E-state index contributed by atoms with van der Waals surface area (Å²) in [6, 6.07) is 10.7. The molecule has 3 rings (SSSR count). The number of rotatable bonds is 8. The summed E-state index contributed by atoms with van der Waals surface area (Å²) in [5, 5.41) is 10.2. The lowest BCUT2D eigenvalue weighted by atomic mass is 10.1. The number of nitrogens with one attached hydrogen (secondary N) is 1. The van der Waals surface area contributed by atoms with Crippen LogP contribution in [0.15, 0.2) is 53.4 Å². The third-order valence-corrected chi connectivity index (χ3v) is 6.36. The van der Waals surface area contributed by atoms with E-state index >= 15 is 0 Å². The van der Waals surface area contributed by atoms with Crippen molar-refractivity contribution in [3.63, 3.8) is 0 Å². The minimum absolute atomic E-state index is 0.0160. The van der Waals surface area contributed by atoms with Crippen LogP contribution in [-0.2, 0) is 21.4 Å². The summed E-state index contributed by atoms with van der Waals surface area (Å²) in [5.41, 5.74) is 1.64. The standard InChI is InChI=1S/C21H25FN2O4S/c1-14-3-11-19(12-4-14)29(27,28)23-20(15(2)25)21(26)24(18-9-10-18)13-16-5-7-17(22)8-6-16/h3-8,11-12,15,18,20,23,25H,9-10,13H2,1-2H3. The second kappa shape index (κ2) is 8.61. The van der Waals surface area contributed by atoms with Crippen LogP contribution in [0, 0.1) is 12.7 Å². The summed E-state index contributed by atoms with van der Waals surface area (Å²) in [6.45, 7) is 3.44. The van der Waals surface area contributed by atoms with Crippen LogP contribution in [0.2, 0.25) is 0 Å². The van der Waals surface area contributed by atoms with Crippen LogP contribution in [0.5, 0.6) is 0 Å². The molecule has 1 amide bonds. The van der Waals surface area contributed by atoms with Crippen molar-refractivity contribution in [1.82, 2.24) is 9.62 Å². The van der Waals surface area contributed by atoms with Gasteiger partial charge in [-0.15, -0.1) is 0 Å². The number of halogens is 1. The molecule has 0 radical (unpaired) electrons. The number of benzene rings is 2. The zero-order valence-corrected chi connectivity index (χ0v) is 17.2. The average molecular weight is 421 g/mol. The van der Waals surface area contributed by atoms with Crippen LogP contribution in [0.4, 0.5) is 4.39 Å². The number of carbonyl (C=O) groups is 1. The molecule has 0 aromatic heterocycles. The third-order valence-electron chi connectivity index (χ3n) is 4.90. The maximum atomic E-state index is 13.2. The average Bonchev–Trinajstić information content (AvgIpc) is 3.50. The monoisotopic (exact) mass is 420 g/mol. The Hall–Kier alpha value is -2.29. The second-order valence-electron chi connectivity index (χ2n) is 7.48. The van der Waals surface area contributed by atoms with Crippen LogP contribution in [0.1, 0.15) is 30.9 Å². The Morgan fingerprint density at radius 2 is 1.76 bits per heavy atom. The van der Waals surface area contributed by atoms with Gasteiger partial charge in [-0.2, -0.15) is 4.72 Å². The van der Waals surface area contributed by atoms with Gasteiger partial charge >= 0.3 is 0 Å². The zero-order chi connectivity index (χ0) is 21.2. The summed E-state index contributed by atoms with van der Waals surface area (Å²) in [7, 11) is -3.99.